The highest BCUT2D eigenvalue weighted by atomic mass is 32.2. The van der Waals surface area contributed by atoms with Crippen molar-refractivity contribution >= 4 is 15.9 Å². The van der Waals surface area contributed by atoms with Crippen LogP contribution in [0.3, 0.4) is 0 Å². The zero-order chi connectivity index (χ0) is 23.1. The molecule has 174 valence electrons. The van der Waals surface area contributed by atoms with Gasteiger partial charge in [-0.1, -0.05) is 62.2 Å². The van der Waals surface area contributed by atoms with Crippen molar-refractivity contribution in [1.82, 2.24) is 14.9 Å². The van der Waals surface area contributed by atoms with Gasteiger partial charge in [-0.15, -0.1) is 0 Å². The average molecular weight is 458 g/mol. The molecule has 0 bridgehead atoms. The Morgan fingerprint density at radius 1 is 0.938 bits per heavy atom. The molecular formula is C25H35N3O3S. The molecule has 1 aliphatic heterocycles. The fourth-order valence-corrected chi connectivity index (χ4v) is 5.23. The lowest BCUT2D eigenvalue weighted by atomic mass is 10.0. The molecule has 1 fully saturated rings. The van der Waals surface area contributed by atoms with E-state index in [0.29, 0.717) is 6.54 Å². The summed E-state index contributed by atoms with van der Waals surface area (Å²) in [7, 11) is -3.78. The zero-order valence-corrected chi connectivity index (χ0v) is 20.1. The molecule has 1 saturated heterocycles. The van der Waals surface area contributed by atoms with Crippen LogP contribution in [0, 0.1) is 12.8 Å². The first-order valence-electron chi connectivity index (χ1n) is 11.4. The predicted molar refractivity (Wildman–Crippen MR) is 128 cm³/mol. The number of hydrogen-bond acceptors (Lipinski definition) is 4. The number of likely N-dealkylation sites (tertiary alicyclic amines) is 1. The largest absolute Gasteiger partial charge is 0.351 e. The van der Waals surface area contributed by atoms with Gasteiger partial charge in [-0.2, -0.15) is 4.72 Å². The first kappa shape index (κ1) is 24.4. The Kier molecular flexibility index (Phi) is 8.45. The minimum absolute atomic E-state index is 0.158. The maximum Gasteiger partial charge on any atom is 0.241 e. The van der Waals surface area contributed by atoms with Crippen LogP contribution in [-0.4, -0.2) is 38.4 Å². The van der Waals surface area contributed by atoms with Crippen LogP contribution >= 0.6 is 0 Å². The fraction of sp³-hybridized carbons (Fsp3) is 0.480. The lowest BCUT2D eigenvalue weighted by molar-refractivity contribution is -0.123. The SMILES string of the molecule is Cc1ccc(S(=O)(=O)N[C@H](C(=O)NCc2ccc(CN3CCCCC3)cc2)C(C)C)cc1. The van der Waals surface area contributed by atoms with Gasteiger partial charge in [0.1, 0.15) is 6.04 Å². The third-order valence-electron chi connectivity index (χ3n) is 5.91. The molecule has 0 unspecified atom stereocenters. The lowest BCUT2D eigenvalue weighted by Gasteiger charge is -2.26. The summed E-state index contributed by atoms with van der Waals surface area (Å²) in [5, 5.41) is 2.89. The van der Waals surface area contributed by atoms with E-state index in [1.165, 1.54) is 24.8 Å². The summed E-state index contributed by atoms with van der Waals surface area (Å²) in [5.41, 5.74) is 3.24. The number of nitrogens with zero attached hydrogens (tertiary/aromatic N) is 1. The molecule has 7 heteroatoms. The average Bonchev–Trinajstić information content (AvgIpc) is 2.77. The summed E-state index contributed by atoms with van der Waals surface area (Å²) >= 11 is 0. The monoisotopic (exact) mass is 457 g/mol. The van der Waals surface area contributed by atoms with Crippen LogP contribution in [-0.2, 0) is 27.9 Å². The highest BCUT2D eigenvalue weighted by molar-refractivity contribution is 7.89. The van der Waals surface area contributed by atoms with Crippen molar-refractivity contribution in [3.05, 3.63) is 65.2 Å². The van der Waals surface area contributed by atoms with Gasteiger partial charge in [-0.3, -0.25) is 9.69 Å². The number of rotatable bonds is 9. The van der Waals surface area contributed by atoms with Crippen molar-refractivity contribution in [2.75, 3.05) is 13.1 Å². The quantitative estimate of drug-likeness (QED) is 0.603. The van der Waals surface area contributed by atoms with E-state index in [-0.39, 0.29) is 16.7 Å². The van der Waals surface area contributed by atoms with Crippen LogP contribution < -0.4 is 10.0 Å². The van der Waals surface area contributed by atoms with Gasteiger partial charge in [0.15, 0.2) is 0 Å². The first-order chi connectivity index (χ1) is 15.2. The maximum atomic E-state index is 12.8. The smallest absolute Gasteiger partial charge is 0.241 e. The summed E-state index contributed by atoms with van der Waals surface area (Å²) in [6.45, 7) is 9.20. The van der Waals surface area contributed by atoms with Crippen LogP contribution in [0.1, 0.15) is 49.8 Å². The Morgan fingerprint density at radius 3 is 2.12 bits per heavy atom. The predicted octanol–water partition coefficient (Wildman–Crippen LogP) is 3.60. The Bertz CT molecular complexity index is 980. The molecule has 2 aromatic carbocycles. The topological polar surface area (TPSA) is 78.5 Å². The van der Waals surface area contributed by atoms with E-state index in [1.807, 2.05) is 32.9 Å². The summed E-state index contributed by atoms with van der Waals surface area (Å²) in [5.74, 6) is -0.518. The van der Waals surface area contributed by atoms with Crippen molar-refractivity contribution in [3.63, 3.8) is 0 Å². The third-order valence-corrected chi connectivity index (χ3v) is 7.36. The first-order valence-corrected chi connectivity index (χ1v) is 12.9. The summed E-state index contributed by atoms with van der Waals surface area (Å²) < 4.78 is 28.1. The molecule has 1 atom stereocenters. The molecule has 0 radical (unpaired) electrons. The minimum Gasteiger partial charge on any atom is -0.351 e. The lowest BCUT2D eigenvalue weighted by Crippen LogP contribution is -2.49. The molecular weight excluding hydrogens is 422 g/mol. The van der Waals surface area contributed by atoms with E-state index >= 15 is 0 Å². The Hall–Kier alpha value is -2.22. The maximum absolute atomic E-state index is 12.8. The number of piperidine rings is 1. The molecule has 32 heavy (non-hydrogen) atoms. The van der Waals surface area contributed by atoms with Gasteiger partial charge < -0.3 is 5.32 Å². The summed E-state index contributed by atoms with van der Waals surface area (Å²) in [6, 6.07) is 14.0. The van der Waals surface area contributed by atoms with Crippen molar-refractivity contribution in [2.24, 2.45) is 5.92 Å². The van der Waals surface area contributed by atoms with Gasteiger partial charge >= 0.3 is 0 Å². The van der Waals surface area contributed by atoms with Crippen molar-refractivity contribution < 1.29 is 13.2 Å². The van der Waals surface area contributed by atoms with E-state index in [1.54, 1.807) is 24.3 Å². The van der Waals surface area contributed by atoms with Gasteiger partial charge in [0.25, 0.3) is 0 Å². The molecule has 6 nitrogen and oxygen atoms in total. The second-order valence-electron chi connectivity index (χ2n) is 9.03. The standard InChI is InChI=1S/C25H35N3O3S/c1-19(2)24(27-32(30,31)23-13-7-20(3)8-14-23)25(29)26-17-21-9-11-22(12-10-21)18-28-15-5-4-6-16-28/h7-14,19,24,27H,4-6,15-18H2,1-3H3,(H,26,29)/t24-/m0/s1. The van der Waals surface area contributed by atoms with Gasteiger partial charge in [0.05, 0.1) is 4.90 Å². The van der Waals surface area contributed by atoms with Crippen LogP contribution in [0.4, 0.5) is 0 Å². The number of hydrogen-bond donors (Lipinski definition) is 2. The Balaban J connectivity index is 1.57. The summed E-state index contributed by atoms with van der Waals surface area (Å²) in [6.07, 6.45) is 3.87. The highest BCUT2D eigenvalue weighted by Gasteiger charge is 2.28. The van der Waals surface area contributed by atoms with E-state index in [9.17, 15) is 13.2 Å². The van der Waals surface area contributed by atoms with Crippen molar-refractivity contribution in [2.45, 2.75) is 64.1 Å². The molecule has 3 rings (SSSR count). The van der Waals surface area contributed by atoms with Crippen LogP contribution in [0.15, 0.2) is 53.4 Å². The molecule has 0 aliphatic carbocycles. The number of amides is 1. The van der Waals surface area contributed by atoms with Crippen molar-refractivity contribution in [1.29, 1.82) is 0 Å². The van der Waals surface area contributed by atoms with Gasteiger partial charge in [-0.25, -0.2) is 8.42 Å². The van der Waals surface area contributed by atoms with E-state index in [2.05, 4.69) is 27.1 Å². The molecule has 0 aromatic heterocycles. The molecule has 1 heterocycles. The summed E-state index contributed by atoms with van der Waals surface area (Å²) in [4.78, 5) is 15.4. The molecule has 0 spiro atoms. The molecule has 1 amide bonds. The second kappa shape index (κ2) is 11.1. The van der Waals surface area contributed by atoms with E-state index < -0.39 is 16.1 Å². The number of benzene rings is 2. The van der Waals surface area contributed by atoms with Crippen LogP contribution in [0.2, 0.25) is 0 Å². The number of aryl methyl sites for hydroxylation is 1. The van der Waals surface area contributed by atoms with E-state index in [4.69, 9.17) is 0 Å². The van der Waals surface area contributed by atoms with Crippen molar-refractivity contribution in [3.8, 4) is 0 Å². The Labute approximate surface area is 192 Å². The van der Waals surface area contributed by atoms with Gasteiger partial charge in [0, 0.05) is 13.1 Å². The van der Waals surface area contributed by atoms with Gasteiger partial charge in [-0.05, 0) is 62.0 Å². The molecule has 1 aliphatic rings. The fourth-order valence-electron chi connectivity index (χ4n) is 3.88. The Morgan fingerprint density at radius 2 is 1.53 bits per heavy atom. The number of nitrogens with one attached hydrogen (secondary N) is 2. The molecule has 2 aromatic rings. The third kappa shape index (κ3) is 6.89. The minimum atomic E-state index is -3.78. The van der Waals surface area contributed by atoms with Gasteiger partial charge in [0.2, 0.25) is 15.9 Å². The normalized spacial score (nSPS) is 16.1. The number of carbonyl (C=O) groups excluding carboxylic acids is 1. The zero-order valence-electron chi connectivity index (χ0n) is 19.3. The van der Waals surface area contributed by atoms with E-state index in [0.717, 1.165) is 30.8 Å². The number of sulfonamides is 1. The molecule has 0 saturated carbocycles. The number of carbonyl (C=O) groups is 1. The second-order valence-corrected chi connectivity index (χ2v) is 10.7. The highest BCUT2D eigenvalue weighted by Crippen LogP contribution is 2.15. The van der Waals surface area contributed by atoms with Crippen LogP contribution in [0.25, 0.3) is 0 Å². The van der Waals surface area contributed by atoms with Crippen LogP contribution in [0.5, 0.6) is 0 Å². The molecule has 2 N–H and O–H groups in total.